The SMILES string of the molecule is COc1cccc(-c2cc(CC3(O)CCN(CC(C)(C)CO)CC3)on2)c1. The Labute approximate surface area is 160 Å². The molecule has 0 unspecified atom stereocenters. The second-order valence-corrected chi connectivity index (χ2v) is 8.41. The summed E-state index contributed by atoms with van der Waals surface area (Å²) in [5, 5.41) is 24.6. The van der Waals surface area contributed by atoms with Crippen molar-refractivity contribution >= 4 is 0 Å². The van der Waals surface area contributed by atoms with E-state index in [2.05, 4.69) is 23.9 Å². The molecule has 0 radical (unpaired) electrons. The van der Waals surface area contributed by atoms with Crippen LogP contribution in [0, 0.1) is 5.41 Å². The molecule has 1 aliphatic rings. The molecule has 1 saturated heterocycles. The van der Waals surface area contributed by atoms with E-state index in [1.165, 1.54) is 0 Å². The van der Waals surface area contributed by atoms with Gasteiger partial charge in [0.1, 0.15) is 17.2 Å². The lowest BCUT2D eigenvalue weighted by Crippen LogP contribution is -2.48. The Kier molecular flexibility index (Phi) is 5.89. The Balaban J connectivity index is 1.60. The van der Waals surface area contributed by atoms with Crippen LogP contribution >= 0.6 is 0 Å². The van der Waals surface area contributed by atoms with E-state index in [0.717, 1.165) is 36.6 Å². The molecule has 2 aromatic rings. The van der Waals surface area contributed by atoms with Crippen LogP contribution < -0.4 is 4.74 Å². The van der Waals surface area contributed by atoms with Gasteiger partial charge in [0.25, 0.3) is 0 Å². The van der Waals surface area contributed by atoms with E-state index in [-0.39, 0.29) is 12.0 Å². The number of hydrogen-bond donors (Lipinski definition) is 2. The van der Waals surface area contributed by atoms with E-state index in [1.807, 2.05) is 30.3 Å². The fourth-order valence-corrected chi connectivity index (χ4v) is 3.60. The van der Waals surface area contributed by atoms with E-state index < -0.39 is 5.60 Å². The maximum absolute atomic E-state index is 11.0. The van der Waals surface area contributed by atoms with Gasteiger partial charge in [-0.15, -0.1) is 0 Å². The van der Waals surface area contributed by atoms with Crippen LogP contribution in [0.15, 0.2) is 34.9 Å². The van der Waals surface area contributed by atoms with Crippen molar-refractivity contribution in [2.24, 2.45) is 5.41 Å². The van der Waals surface area contributed by atoms with Gasteiger partial charge in [0.15, 0.2) is 0 Å². The smallest absolute Gasteiger partial charge is 0.140 e. The minimum absolute atomic E-state index is 0.119. The summed E-state index contributed by atoms with van der Waals surface area (Å²) in [6.07, 6.45) is 1.83. The van der Waals surface area contributed by atoms with Gasteiger partial charge in [-0.25, -0.2) is 0 Å². The molecular weight excluding hydrogens is 344 g/mol. The van der Waals surface area contributed by atoms with Crippen LogP contribution in [0.4, 0.5) is 0 Å². The molecule has 0 bridgehead atoms. The predicted octanol–water partition coefficient (Wildman–Crippen LogP) is 2.74. The highest BCUT2D eigenvalue weighted by Gasteiger charge is 2.35. The van der Waals surface area contributed by atoms with Crippen molar-refractivity contribution in [2.75, 3.05) is 33.4 Å². The third kappa shape index (κ3) is 5.09. The summed E-state index contributed by atoms with van der Waals surface area (Å²) in [7, 11) is 1.64. The zero-order valence-corrected chi connectivity index (χ0v) is 16.4. The lowest BCUT2D eigenvalue weighted by atomic mass is 9.85. The largest absolute Gasteiger partial charge is 0.497 e. The number of aromatic nitrogens is 1. The van der Waals surface area contributed by atoms with Crippen LogP contribution in [0.3, 0.4) is 0 Å². The van der Waals surface area contributed by atoms with Crippen LogP contribution in [0.5, 0.6) is 5.75 Å². The highest BCUT2D eigenvalue weighted by molar-refractivity contribution is 5.60. The molecule has 0 aliphatic carbocycles. The van der Waals surface area contributed by atoms with Gasteiger partial charge in [0.05, 0.1) is 12.7 Å². The molecule has 0 atom stereocenters. The first kappa shape index (κ1) is 19.9. The van der Waals surface area contributed by atoms with E-state index in [4.69, 9.17) is 9.26 Å². The Bertz CT molecular complexity index is 748. The van der Waals surface area contributed by atoms with Gasteiger partial charge in [-0.3, -0.25) is 0 Å². The zero-order valence-electron chi connectivity index (χ0n) is 16.4. The minimum Gasteiger partial charge on any atom is -0.497 e. The Morgan fingerprint density at radius 2 is 2.00 bits per heavy atom. The predicted molar refractivity (Wildman–Crippen MR) is 104 cm³/mol. The number of rotatable bonds is 7. The van der Waals surface area contributed by atoms with Crippen LogP contribution in [0.25, 0.3) is 11.3 Å². The minimum atomic E-state index is -0.773. The number of hydrogen-bond acceptors (Lipinski definition) is 6. The number of piperidine rings is 1. The molecule has 27 heavy (non-hydrogen) atoms. The summed E-state index contributed by atoms with van der Waals surface area (Å²) in [5.41, 5.74) is 0.781. The average Bonchev–Trinajstić information content (AvgIpc) is 3.12. The van der Waals surface area contributed by atoms with Crippen molar-refractivity contribution in [3.05, 3.63) is 36.1 Å². The van der Waals surface area contributed by atoms with Crippen LogP contribution in [0.1, 0.15) is 32.4 Å². The van der Waals surface area contributed by atoms with Crippen molar-refractivity contribution in [1.29, 1.82) is 0 Å². The molecule has 0 spiro atoms. The molecule has 6 nitrogen and oxygen atoms in total. The lowest BCUT2D eigenvalue weighted by molar-refractivity contribution is -0.0345. The van der Waals surface area contributed by atoms with Gasteiger partial charge in [-0.1, -0.05) is 31.1 Å². The van der Waals surface area contributed by atoms with Gasteiger partial charge in [-0.05, 0) is 25.0 Å². The molecular formula is C21H30N2O4. The highest BCUT2D eigenvalue weighted by atomic mass is 16.5. The lowest BCUT2D eigenvalue weighted by Gasteiger charge is -2.40. The van der Waals surface area contributed by atoms with E-state index in [0.29, 0.717) is 25.0 Å². The Hall–Kier alpha value is -1.89. The summed E-state index contributed by atoms with van der Waals surface area (Å²) in [5.74, 6) is 1.47. The third-order valence-corrected chi connectivity index (χ3v) is 5.29. The van der Waals surface area contributed by atoms with Gasteiger partial charge in [0.2, 0.25) is 0 Å². The average molecular weight is 374 g/mol. The van der Waals surface area contributed by atoms with E-state index >= 15 is 0 Å². The molecule has 1 aliphatic heterocycles. The number of aliphatic hydroxyl groups excluding tert-OH is 1. The number of benzene rings is 1. The fraction of sp³-hybridized carbons (Fsp3) is 0.571. The van der Waals surface area contributed by atoms with Gasteiger partial charge in [0, 0.05) is 49.7 Å². The fourth-order valence-electron chi connectivity index (χ4n) is 3.60. The number of nitrogens with zero attached hydrogens (tertiary/aromatic N) is 2. The molecule has 6 heteroatoms. The second kappa shape index (κ2) is 8.00. The molecule has 3 rings (SSSR count). The third-order valence-electron chi connectivity index (χ3n) is 5.29. The van der Waals surface area contributed by atoms with Gasteiger partial charge < -0.3 is 24.4 Å². The Morgan fingerprint density at radius 3 is 2.67 bits per heavy atom. The summed E-state index contributed by atoms with van der Waals surface area (Å²) in [6.45, 7) is 6.75. The first-order valence-corrected chi connectivity index (χ1v) is 9.48. The standard InChI is InChI=1S/C21H30N2O4/c1-20(2,15-24)14-23-9-7-21(25,8-10-23)13-18-12-19(22-27-18)16-5-4-6-17(11-16)26-3/h4-6,11-12,24-25H,7-10,13-15H2,1-3H3. The van der Waals surface area contributed by atoms with Crippen LogP contribution in [-0.4, -0.2) is 59.2 Å². The number of aliphatic hydroxyl groups is 2. The Morgan fingerprint density at radius 1 is 1.26 bits per heavy atom. The summed E-state index contributed by atoms with van der Waals surface area (Å²) in [4.78, 5) is 2.31. The van der Waals surface area contributed by atoms with Gasteiger partial charge in [-0.2, -0.15) is 0 Å². The monoisotopic (exact) mass is 374 g/mol. The molecule has 1 aromatic carbocycles. The molecule has 0 saturated carbocycles. The topological polar surface area (TPSA) is 79.0 Å². The summed E-state index contributed by atoms with van der Waals surface area (Å²) >= 11 is 0. The quantitative estimate of drug-likeness (QED) is 0.776. The first-order chi connectivity index (χ1) is 12.8. The summed E-state index contributed by atoms with van der Waals surface area (Å²) in [6, 6.07) is 9.57. The molecule has 2 heterocycles. The zero-order chi connectivity index (χ0) is 19.5. The molecule has 1 aromatic heterocycles. The van der Waals surface area contributed by atoms with Crippen molar-refractivity contribution in [2.45, 2.75) is 38.7 Å². The van der Waals surface area contributed by atoms with Gasteiger partial charge >= 0.3 is 0 Å². The van der Waals surface area contributed by atoms with Crippen molar-refractivity contribution in [3.8, 4) is 17.0 Å². The van der Waals surface area contributed by atoms with Crippen molar-refractivity contribution in [3.63, 3.8) is 0 Å². The van der Waals surface area contributed by atoms with Crippen LogP contribution in [0.2, 0.25) is 0 Å². The van der Waals surface area contributed by atoms with E-state index in [1.54, 1.807) is 7.11 Å². The first-order valence-electron chi connectivity index (χ1n) is 9.48. The van der Waals surface area contributed by atoms with Crippen LogP contribution in [-0.2, 0) is 6.42 Å². The second-order valence-electron chi connectivity index (χ2n) is 8.41. The molecule has 2 N–H and O–H groups in total. The normalized spacial score (nSPS) is 17.8. The van der Waals surface area contributed by atoms with Crippen molar-refractivity contribution < 1.29 is 19.5 Å². The van der Waals surface area contributed by atoms with E-state index in [9.17, 15) is 10.2 Å². The highest BCUT2D eigenvalue weighted by Crippen LogP contribution is 2.30. The number of likely N-dealkylation sites (tertiary alicyclic amines) is 1. The number of methoxy groups -OCH3 is 1. The van der Waals surface area contributed by atoms with Crippen molar-refractivity contribution in [1.82, 2.24) is 10.1 Å². The number of ether oxygens (including phenoxy) is 1. The molecule has 0 amide bonds. The summed E-state index contributed by atoms with van der Waals surface area (Å²) < 4.78 is 10.7. The molecule has 148 valence electrons. The maximum atomic E-state index is 11.0. The maximum Gasteiger partial charge on any atom is 0.140 e. The molecule has 1 fully saturated rings.